The van der Waals surface area contributed by atoms with Crippen molar-refractivity contribution in [1.82, 2.24) is 0 Å². The van der Waals surface area contributed by atoms with Gasteiger partial charge < -0.3 is 14.5 Å². The minimum atomic E-state index is -0.107. The van der Waals surface area contributed by atoms with Crippen molar-refractivity contribution >= 4 is 11.5 Å². The lowest BCUT2D eigenvalue weighted by Crippen LogP contribution is -1.94. The molecule has 0 spiro atoms. The Morgan fingerprint density at radius 3 is 2.67 bits per heavy atom. The van der Waals surface area contributed by atoms with Crippen LogP contribution in [-0.2, 0) is 0 Å². The molecule has 4 nitrogen and oxygen atoms in total. The second-order valence-corrected chi connectivity index (χ2v) is 3.58. The molecular formula is C14H13NO3. The van der Waals surface area contributed by atoms with Crippen molar-refractivity contribution < 1.29 is 13.9 Å². The topological polar surface area (TPSA) is 51.5 Å². The molecule has 0 amide bonds. The number of allylic oxidation sites excluding steroid dienone is 1. The number of hydrogen-bond acceptors (Lipinski definition) is 4. The molecule has 0 saturated heterocycles. The van der Waals surface area contributed by atoms with Gasteiger partial charge in [0.25, 0.3) is 0 Å². The van der Waals surface area contributed by atoms with Gasteiger partial charge in [-0.1, -0.05) is 0 Å². The molecule has 0 bridgehead atoms. The monoisotopic (exact) mass is 243 g/mol. The van der Waals surface area contributed by atoms with E-state index in [9.17, 15) is 4.79 Å². The fourth-order valence-electron chi connectivity index (χ4n) is 1.40. The zero-order chi connectivity index (χ0) is 12.8. The molecule has 0 atom stereocenters. The van der Waals surface area contributed by atoms with Crippen molar-refractivity contribution in [3.63, 3.8) is 0 Å². The summed E-state index contributed by atoms with van der Waals surface area (Å²) in [6.07, 6.45) is 5.93. The van der Waals surface area contributed by atoms with E-state index in [4.69, 9.17) is 9.15 Å². The Labute approximate surface area is 105 Å². The molecule has 2 rings (SSSR count). The first-order chi connectivity index (χ1) is 8.79. The number of carbonyl (C=O) groups excluding carboxylic acids is 1. The van der Waals surface area contributed by atoms with E-state index in [1.165, 1.54) is 18.6 Å². The quantitative estimate of drug-likeness (QED) is 0.647. The van der Waals surface area contributed by atoms with Gasteiger partial charge in [-0.3, -0.25) is 4.79 Å². The van der Waals surface area contributed by atoms with Crippen molar-refractivity contribution in [3.8, 4) is 5.75 Å². The van der Waals surface area contributed by atoms with Crippen LogP contribution in [0.15, 0.2) is 59.6 Å². The smallest absolute Gasteiger partial charge is 0.190 e. The summed E-state index contributed by atoms with van der Waals surface area (Å²) in [5, 5.41) is 3.00. The van der Waals surface area contributed by atoms with Crippen LogP contribution in [0.2, 0.25) is 0 Å². The Morgan fingerprint density at radius 1 is 1.28 bits per heavy atom. The Morgan fingerprint density at radius 2 is 2.06 bits per heavy atom. The zero-order valence-electron chi connectivity index (χ0n) is 9.92. The van der Waals surface area contributed by atoms with E-state index in [1.807, 2.05) is 24.3 Å². The molecule has 1 heterocycles. The molecule has 18 heavy (non-hydrogen) atoms. The molecule has 0 fully saturated rings. The van der Waals surface area contributed by atoms with Gasteiger partial charge in [0.2, 0.25) is 0 Å². The fraction of sp³-hybridized carbons (Fsp3) is 0.0714. The molecule has 0 saturated carbocycles. The van der Waals surface area contributed by atoms with Crippen molar-refractivity contribution in [2.24, 2.45) is 0 Å². The lowest BCUT2D eigenvalue weighted by Gasteiger charge is -2.02. The molecule has 1 aromatic heterocycles. The summed E-state index contributed by atoms with van der Waals surface area (Å²) >= 11 is 0. The molecule has 1 aromatic carbocycles. The number of nitrogens with one attached hydrogen (secondary N) is 1. The number of ether oxygens (including phenoxy) is 1. The number of furan rings is 1. The van der Waals surface area contributed by atoms with Crippen molar-refractivity contribution in [3.05, 3.63) is 60.7 Å². The van der Waals surface area contributed by atoms with Gasteiger partial charge in [0.15, 0.2) is 5.78 Å². The Bertz CT molecular complexity index is 527. The Kier molecular flexibility index (Phi) is 3.81. The predicted molar refractivity (Wildman–Crippen MR) is 68.8 cm³/mol. The molecule has 0 radical (unpaired) electrons. The van der Waals surface area contributed by atoms with Crippen molar-refractivity contribution in [2.75, 3.05) is 12.4 Å². The number of hydrogen-bond donors (Lipinski definition) is 1. The molecule has 1 N–H and O–H groups in total. The van der Waals surface area contributed by atoms with Crippen LogP contribution in [0.3, 0.4) is 0 Å². The van der Waals surface area contributed by atoms with Gasteiger partial charge in [-0.05, 0) is 30.3 Å². The third kappa shape index (κ3) is 3.01. The first kappa shape index (κ1) is 12.0. The summed E-state index contributed by atoms with van der Waals surface area (Å²) in [6, 6.07) is 9.04. The van der Waals surface area contributed by atoms with Crippen LogP contribution in [-0.4, -0.2) is 12.9 Å². The average molecular weight is 243 g/mol. The summed E-state index contributed by atoms with van der Waals surface area (Å²) in [5.41, 5.74) is 1.41. The fourth-order valence-corrected chi connectivity index (χ4v) is 1.40. The second kappa shape index (κ2) is 5.72. The van der Waals surface area contributed by atoms with E-state index in [-0.39, 0.29) is 5.78 Å². The van der Waals surface area contributed by atoms with E-state index in [2.05, 4.69) is 5.32 Å². The van der Waals surface area contributed by atoms with Gasteiger partial charge in [-0.25, -0.2) is 0 Å². The predicted octanol–water partition coefficient (Wildman–Crippen LogP) is 3.10. The number of methoxy groups -OCH3 is 1. The summed E-state index contributed by atoms with van der Waals surface area (Å²) < 4.78 is 9.89. The highest BCUT2D eigenvalue weighted by Gasteiger charge is 2.01. The summed E-state index contributed by atoms with van der Waals surface area (Å²) in [4.78, 5) is 11.6. The normalized spacial score (nSPS) is 10.5. The molecule has 0 unspecified atom stereocenters. The van der Waals surface area contributed by atoms with Crippen LogP contribution in [0.1, 0.15) is 10.4 Å². The zero-order valence-corrected chi connectivity index (χ0v) is 9.92. The minimum Gasteiger partial charge on any atom is -0.497 e. The van der Waals surface area contributed by atoms with E-state index >= 15 is 0 Å². The maximum Gasteiger partial charge on any atom is 0.190 e. The molecule has 4 heteroatoms. The van der Waals surface area contributed by atoms with E-state index in [1.54, 1.807) is 19.4 Å². The SMILES string of the molecule is COc1ccc(NC=CC(=O)c2ccoc2)cc1. The molecule has 2 aromatic rings. The van der Waals surface area contributed by atoms with Gasteiger partial charge in [0.05, 0.1) is 18.9 Å². The highest BCUT2D eigenvalue weighted by atomic mass is 16.5. The van der Waals surface area contributed by atoms with Crippen LogP contribution >= 0.6 is 0 Å². The number of benzene rings is 1. The first-order valence-corrected chi connectivity index (χ1v) is 5.43. The van der Waals surface area contributed by atoms with E-state index in [0.717, 1.165) is 11.4 Å². The maximum atomic E-state index is 11.6. The lowest BCUT2D eigenvalue weighted by molar-refractivity contribution is 0.104. The lowest BCUT2D eigenvalue weighted by atomic mass is 10.2. The second-order valence-electron chi connectivity index (χ2n) is 3.58. The molecule has 0 aliphatic heterocycles. The molecule has 92 valence electrons. The Hall–Kier alpha value is -2.49. The summed E-state index contributed by atoms with van der Waals surface area (Å²) in [5.74, 6) is 0.684. The van der Waals surface area contributed by atoms with E-state index in [0.29, 0.717) is 5.56 Å². The largest absolute Gasteiger partial charge is 0.497 e. The summed E-state index contributed by atoms with van der Waals surface area (Å²) in [7, 11) is 1.62. The Balaban J connectivity index is 1.92. The summed E-state index contributed by atoms with van der Waals surface area (Å²) in [6.45, 7) is 0. The van der Waals surface area contributed by atoms with Crippen molar-refractivity contribution in [1.29, 1.82) is 0 Å². The molecular weight excluding hydrogens is 230 g/mol. The van der Waals surface area contributed by atoms with Gasteiger partial charge in [0.1, 0.15) is 12.0 Å². The third-order valence-electron chi connectivity index (χ3n) is 2.38. The van der Waals surface area contributed by atoms with Gasteiger partial charge in [-0.15, -0.1) is 0 Å². The van der Waals surface area contributed by atoms with Crippen molar-refractivity contribution in [2.45, 2.75) is 0 Å². The van der Waals surface area contributed by atoms with Gasteiger partial charge in [-0.2, -0.15) is 0 Å². The highest BCUT2D eigenvalue weighted by Crippen LogP contribution is 2.14. The standard InChI is InChI=1S/C14H13NO3/c1-17-13-4-2-12(3-5-13)15-8-6-14(16)11-7-9-18-10-11/h2-10,15H,1H3. The van der Waals surface area contributed by atoms with Gasteiger partial charge >= 0.3 is 0 Å². The van der Waals surface area contributed by atoms with Crippen LogP contribution < -0.4 is 10.1 Å². The number of rotatable bonds is 5. The first-order valence-electron chi connectivity index (χ1n) is 5.43. The number of anilines is 1. The molecule has 0 aliphatic rings. The van der Waals surface area contributed by atoms with Crippen LogP contribution in [0, 0.1) is 0 Å². The van der Waals surface area contributed by atoms with Crippen LogP contribution in [0.25, 0.3) is 0 Å². The number of ketones is 1. The number of carbonyl (C=O) groups is 1. The minimum absolute atomic E-state index is 0.107. The van der Waals surface area contributed by atoms with Crippen LogP contribution in [0.4, 0.5) is 5.69 Å². The third-order valence-corrected chi connectivity index (χ3v) is 2.38. The van der Waals surface area contributed by atoms with Gasteiger partial charge in [0, 0.05) is 18.0 Å². The molecule has 0 aliphatic carbocycles. The van der Waals surface area contributed by atoms with E-state index < -0.39 is 0 Å². The highest BCUT2D eigenvalue weighted by molar-refractivity contribution is 6.04. The van der Waals surface area contributed by atoms with Crippen LogP contribution in [0.5, 0.6) is 5.75 Å². The average Bonchev–Trinajstić information content (AvgIpc) is 2.93. The maximum absolute atomic E-state index is 11.6.